The number of esters is 1. The minimum absolute atomic E-state index is 0.0256. The summed E-state index contributed by atoms with van der Waals surface area (Å²) in [7, 11) is 1.25. The average Bonchev–Trinajstić information content (AvgIpc) is 3.03. The third-order valence-electron chi connectivity index (χ3n) is 2.91. The Morgan fingerprint density at radius 2 is 2.06 bits per heavy atom. The second-order valence-corrected chi connectivity index (χ2v) is 4.04. The lowest BCUT2D eigenvalue weighted by atomic mass is 10.2. The number of carbonyl (C=O) groups is 1. The Labute approximate surface area is 98.0 Å². The molecule has 0 unspecified atom stereocenters. The summed E-state index contributed by atoms with van der Waals surface area (Å²) in [5, 5.41) is 2.44. The second-order valence-electron chi connectivity index (χ2n) is 4.04. The molecule has 0 bridgehead atoms. The van der Waals surface area contributed by atoms with Crippen molar-refractivity contribution in [1.29, 1.82) is 0 Å². The van der Waals surface area contributed by atoms with Crippen molar-refractivity contribution in [2.75, 3.05) is 13.7 Å². The van der Waals surface area contributed by atoms with E-state index in [0.29, 0.717) is 12.0 Å². The predicted molar refractivity (Wildman–Crippen MR) is 56.4 cm³/mol. The average molecular weight is 251 g/mol. The van der Waals surface area contributed by atoms with Crippen LogP contribution in [0.25, 0.3) is 0 Å². The van der Waals surface area contributed by atoms with E-state index in [1.165, 1.54) is 13.2 Å². The van der Waals surface area contributed by atoms with Crippen LogP contribution >= 0.6 is 0 Å². The first kappa shape index (κ1) is 14.0. The smallest absolute Gasteiger partial charge is 0.406 e. The van der Waals surface area contributed by atoms with Gasteiger partial charge in [-0.3, -0.25) is 0 Å². The van der Waals surface area contributed by atoms with Crippen LogP contribution in [0.3, 0.4) is 0 Å². The van der Waals surface area contributed by atoms with Gasteiger partial charge in [-0.1, -0.05) is 13.0 Å². The van der Waals surface area contributed by atoms with Crippen molar-refractivity contribution in [3.63, 3.8) is 0 Å². The zero-order chi connectivity index (χ0) is 13.1. The van der Waals surface area contributed by atoms with Crippen LogP contribution in [-0.4, -0.2) is 31.3 Å². The highest BCUT2D eigenvalue weighted by Crippen LogP contribution is 2.48. The molecular weight excluding hydrogens is 235 g/mol. The van der Waals surface area contributed by atoms with Crippen LogP contribution in [0.1, 0.15) is 26.2 Å². The Morgan fingerprint density at radius 3 is 2.41 bits per heavy atom. The summed E-state index contributed by atoms with van der Waals surface area (Å²) in [6.07, 6.45) is -2.13. The van der Waals surface area contributed by atoms with Gasteiger partial charge in [0.1, 0.15) is 5.54 Å². The lowest BCUT2D eigenvalue weighted by Gasteiger charge is -2.19. The van der Waals surface area contributed by atoms with Gasteiger partial charge < -0.3 is 10.1 Å². The van der Waals surface area contributed by atoms with Crippen LogP contribution in [-0.2, 0) is 9.53 Å². The first-order valence-electron chi connectivity index (χ1n) is 5.45. The van der Waals surface area contributed by atoms with E-state index in [1.54, 1.807) is 6.92 Å². The van der Waals surface area contributed by atoms with Crippen molar-refractivity contribution < 1.29 is 22.7 Å². The van der Waals surface area contributed by atoms with E-state index in [4.69, 9.17) is 0 Å². The Kier molecular flexibility index (Phi) is 4.19. The SMILES string of the molecule is CCC(=CCNC1(C(F)(F)F)CC1)C(=O)OC. The van der Waals surface area contributed by atoms with Gasteiger partial charge in [0.15, 0.2) is 0 Å². The molecule has 3 nitrogen and oxygen atoms in total. The molecule has 0 aromatic heterocycles. The summed E-state index contributed by atoms with van der Waals surface area (Å²) < 4.78 is 42.2. The van der Waals surface area contributed by atoms with Crippen molar-refractivity contribution in [2.45, 2.75) is 37.9 Å². The van der Waals surface area contributed by atoms with Crippen molar-refractivity contribution in [3.05, 3.63) is 11.6 Å². The fraction of sp³-hybridized carbons (Fsp3) is 0.727. The van der Waals surface area contributed by atoms with Gasteiger partial charge >= 0.3 is 12.1 Å². The standard InChI is InChI=1S/C11H16F3NO2/c1-3-8(9(16)17-2)4-7-15-10(5-6-10)11(12,13)14/h4,15H,3,5-7H2,1-2H3. The fourth-order valence-corrected chi connectivity index (χ4v) is 1.56. The lowest BCUT2D eigenvalue weighted by molar-refractivity contribution is -0.165. The lowest BCUT2D eigenvalue weighted by Crippen LogP contribution is -2.44. The van der Waals surface area contributed by atoms with E-state index in [-0.39, 0.29) is 19.4 Å². The largest absolute Gasteiger partial charge is 0.466 e. The van der Waals surface area contributed by atoms with Gasteiger partial charge in [0.25, 0.3) is 0 Å². The Balaban J connectivity index is 2.52. The van der Waals surface area contributed by atoms with Crippen LogP contribution in [0.5, 0.6) is 0 Å². The highest BCUT2D eigenvalue weighted by molar-refractivity contribution is 5.88. The van der Waals surface area contributed by atoms with E-state index >= 15 is 0 Å². The maximum atomic E-state index is 12.6. The van der Waals surface area contributed by atoms with Gasteiger partial charge in [0, 0.05) is 12.1 Å². The fourth-order valence-electron chi connectivity index (χ4n) is 1.56. The molecule has 6 heteroatoms. The molecule has 1 fully saturated rings. The molecule has 1 saturated carbocycles. The second kappa shape index (κ2) is 5.08. The van der Waals surface area contributed by atoms with Gasteiger partial charge in [-0.15, -0.1) is 0 Å². The number of carbonyl (C=O) groups excluding carboxylic acids is 1. The van der Waals surface area contributed by atoms with Crippen molar-refractivity contribution in [2.24, 2.45) is 0 Å². The molecular formula is C11H16F3NO2. The normalized spacial score (nSPS) is 19.0. The number of halogens is 3. The van der Waals surface area contributed by atoms with Gasteiger partial charge in [-0.2, -0.15) is 13.2 Å². The maximum Gasteiger partial charge on any atom is 0.406 e. The van der Waals surface area contributed by atoms with Crippen molar-refractivity contribution in [3.8, 4) is 0 Å². The molecule has 0 aliphatic heterocycles. The molecule has 17 heavy (non-hydrogen) atoms. The summed E-state index contributed by atoms with van der Waals surface area (Å²) in [6, 6.07) is 0. The molecule has 1 N–H and O–H groups in total. The number of nitrogens with one attached hydrogen (secondary N) is 1. The van der Waals surface area contributed by atoms with E-state index in [1.807, 2.05) is 0 Å². The van der Waals surface area contributed by atoms with Crippen LogP contribution in [0.2, 0.25) is 0 Å². The van der Waals surface area contributed by atoms with Crippen LogP contribution in [0.15, 0.2) is 11.6 Å². The molecule has 0 amide bonds. The summed E-state index contributed by atoms with van der Waals surface area (Å²) in [6.45, 7) is 1.77. The number of hydrogen-bond acceptors (Lipinski definition) is 3. The monoisotopic (exact) mass is 251 g/mol. The van der Waals surface area contributed by atoms with Crippen LogP contribution < -0.4 is 5.32 Å². The first-order valence-corrected chi connectivity index (χ1v) is 5.45. The highest BCUT2D eigenvalue weighted by Gasteiger charge is 2.62. The number of ether oxygens (including phenoxy) is 1. The minimum Gasteiger partial charge on any atom is -0.466 e. The summed E-state index contributed by atoms with van der Waals surface area (Å²) >= 11 is 0. The van der Waals surface area contributed by atoms with Crippen molar-refractivity contribution >= 4 is 5.97 Å². The highest BCUT2D eigenvalue weighted by atomic mass is 19.4. The predicted octanol–water partition coefficient (Wildman–Crippen LogP) is 2.18. The van der Waals surface area contributed by atoms with E-state index in [9.17, 15) is 18.0 Å². The Bertz CT molecular complexity index is 319. The van der Waals surface area contributed by atoms with Crippen LogP contribution in [0, 0.1) is 0 Å². The molecule has 0 atom stereocenters. The molecule has 1 aliphatic carbocycles. The number of hydrogen-bond donors (Lipinski definition) is 1. The Hall–Kier alpha value is -1.04. The van der Waals surface area contributed by atoms with Crippen LogP contribution in [0.4, 0.5) is 13.2 Å². The molecule has 0 saturated heterocycles. The third-order valence-corrected chi connectivity index (χ3v) is 2.91. The molecule has 0 radical (unpaired) electrons. The molecule has 1 rings (SSSR count). The summed E-state index contributed by atoms with van der Waals surface area (Å²) in [5.74, 6) is -0.494. The number of alkyl halides is 3. The minimum atomic E-state index is -4.22. The molecule has 98 valence electrons. The number of methoxy groups -OCH3 is 1. The quantitative estimate of drug-likeness (QED) is 0.601. The zero-order valence-electron chi connectivity index (χ0n) is 9.86. The molecule has 1 aliphatic rings. The molecule has 0 heterocycles. The van der Waals surface area contributed by atoms with Gasteiger partial charge in [0.2, 0.25) is 0 Å². The van der Waals surface area contributed by atoms with E-state index in [0.717, 1.165) is 0 Å². The zero-order valence-corrected chi connectivity index (χ0v) is 9.86. The molecule has 0 aromatic rings. The summed E-state index contributed by atoms with van der Waals surface area (Å²) in [4.78, 5) is 11.2. The molecule has 0 aromatic carbocycles. The van der Waals surface area contributed by atoms with Gasteiger partial charge in [-0.05, 0) is 19.3 Å². The van der Waals surface area contributed by atoms with Gasteiger partial charge in [0.05, 0.1) is 7.11 Å². The molecule has 0 spiro atoms. The van der Waals surface area contributed by atoms with E-state index < -0.39 is 17.7 Å². The maximum absolute atomic E-state index is 12.6. The Morgan fingerprint density at radius 1 is 1.47 bits per heavy atom. The van der Waals surface area contributed by atoms with E-state index in [2.05, 4.69) is 10.1 Å². The van der Waals surface area contributed by atoms with Gasteiger partial charge in [-0.25, -0.2) is 4.79 Å². The summed E-state index contributed by atoms with van der Waals surface area (Å²) in [5.41, 5.74) is -1.35. The first-order chi connectivity index (χ1) is 7.86. The topological polar surface area (TPSA) is 38.3 Å². The third kappa shape index (κ3) is 3.21. The number of rotatable bonds is 5. The van der Waals surface area contributed by atoms with Crippen molar-refractivity contribution in [1.82, 2.24) is 5.32 Å².